The van der Waals surface area contributed by atoms with Crippen molar-refractivity contribution in [3.63, 3.8) is 0 Å². The Kier molecular flexibility index (Phi) is 4.38. The molecule has 1 unspecified atom stereocenters. The molecule has 8 heteroatoms. The molecule has 2 aliphatic heterocycles. The normalized spacial score (nSPS) is 23.2. The van der Waals surface area contributed by atoms with E-state index in [4.69, 9.17) is 0 Å². The van der Waals surface area contributed by atoms with E-state index >= 15 is 0 Å². The lowest BCUT2D eigenvalue weighted by atomic mass is 10.0. The van der Waals surface area contributed by atoms with Crippen LogP contribution in [0, 0.1) is 5.92 Å². The molecule has 0 bridgehead atoms. The monoisotopic (exact) mass is 450 g/mol. The molecule has 2 aromatic heterocycles. The molecule has 1 aromatic carbocycles. The van der Waals surface area contributed by atoms with Gasteiger partial charge >= 0.3 is 0 Å². The fraction of sp³-hybridized carbons (Fsp3) is 0.400. The Bertz CT molecular complexity index is 1340. The number of halogens is 2. The predicted molar refractivity (Wildman–Crippen MR) is 121 cm³/mol. The highest BCUT2D eigenvalue weighted by atomic mass is 19.3. The Morgan fingerprint density at radius 3 is 2.73 bits per heavy atom. The first-order valence-electron chi connectivity index (χ1n) is 11.3. The van der Waals surface area contributed by atoms with Crippen molar-refractivity contribution in [2.75, 3.05) is 24.5 Å². The van der Waals surface area contributed by atoms with Gasteiger partial charge in [-0.3, -0.25) is 9.59 Å². The third-order valence-corrected chi connectivity index (χ3v) is 7.29. The number of hydrogen-bond donors (Lipinski definition) is 0. The molecule has 2 atom stereocenters. The Hall–Kier alpha value is -3.29. The van der Waals surface area contributed by atoms with Crippen LogP contribution in [0.5, 0.6) is 0 Å². The van der Waals surface area contributed by atoms with Gasteiger partial charge in [0.2, 0.25) is 0 Å². The average Bonchev–Trinajstić information content (AvgIpc) is 3.60. The highest BCUT2D eigenvalue weighted by molar-refractivity contribution is 5.95. The predicted octanol–water partition coefficient (Wildman–Crippen LogP) is 4.06. The molecule has 0 spiro atoms. The van der Waals surface area contributed by atoms with E-state index in [2.05, 4.69) is 9.88 Å². The smallest absolute Gasteiger partial charge is 0.258 e. The van der Waals surface area contributed by atoms with Gasteiger partial charge < -0.3 is 14.4 Å². The van der Waals surface area contributed by atoms with Gasteiger partial charge in [-0.25, -0.2) is 13.8 Å². The summed E-state index contributed by atoms with van der Waals surface area (Å²) in [5, 5.41) is 1.55. The van der Waals surface area contributed by atoms with Crippen LogP contribution in [0.4, 0.5) is 20.3 Å². The Labute approximate surface area is 189 Å². The maximum Gasteiger partial charge on any atom is 0.258 e. The highest BCUT2D eigenvalue weighted by Gasteiger charge is 2.46. The van der Waals surface area contributed by atoms with Crippen LogP contribution in [-0.4, -0.2) is 45.9 Å². The fourth-order valence-corrected chi connectivity index (χ4v) is 5.19. The van der Waals surface area contributed by atoms with Crippen LogP contribution in [0.2, 0.25) is 0 Å². The summed E-state index contributed by atoms with van der Waals surface area (Å²) in [4.78, 5) is 33.7. The van der Waals surface area contributed by atoms with Crippen molar-refractivity contribution in [1.29, 1.82) is 0 Å². The van der Waals surface area contributed by atoms with E-state index in [9.17, 15) is 18.4 Å². The van der Waals surface area contributed by atoms with Crippen LogP contribution >= 0.6 is 0 Å². The number of fused-ring (bicyclic) bond motifs is 4. The van der Waals surface area contributed by atoms with E-state index in [0.717, 1.165) is 35.4 Å². The van der Waals surface area contributed by atoms with Gasteiger partial charge in [-0.2, -0.15) is 0 Å². The zero-order valence-electron chi connectivity index (χ0n) is 18.3. The zero-order valence-corrected chi connectivity index (χ0v) is 18.3. The van der Waals surface area contributed by atoms with Gasteiger partial charge in [-0.1, -0.05) is 0 Å². The van der Waals surface area contributed by atoms with E-state index < -0.39 is 5.92 Å². The third-order valence-electron chi connectivity index (χ3n) is 7.29. The second-order valence-corrected chi connectivity index (χ2v) is 9.50. The molecule has 1 amide bonds. The van der Waals surface area contributed by atoms with Crippen molar-refractivity contribution in [2.24, 2.45) is 13.0 Å². The number of carbonyl (C=O) groups excluding carboxylic acids is 1. The Morgan fingerprint density at radius 2 is 1.94 bits per heavy atom. The quantitative estimate of drug-likeness (QED) is 0.591. The van der Waals surface area contributed by atoms with Crippen molar-refractivity contribution in [2.45, 2.75) is 31.1 Å². The van der Waals surface area contributed by atoms with E-state index in [1.807, 2.05) is 30.3 Å². The minimum atomic E-state index is -2.68. The second kappa shape index (κ2) is 7.10. The minimum Gasteiger partial charge on any atom is -0.338 e. The number of likely N-dealkylation sites (tertiary alicyclic amines) is 1. The number of carbonyl (C=O) groups is 1. The largest absolute Gasteiger partial charge is 0.338 e. The van der Waals surface area contributed by atoms with Gasteiger partial charge in [0.1, 0.15) is 5.82 Å². The standard InChI is InChI=1S/C25H24F2N4O2/c1-29-7-4-15-10-18(2-3-19(15)24(29)33)31-14-17-12-20(17)21-11-16(13-28-22(21)31)23(32)30-8-5-25(26,27)6-9-30/h2-4,7,10-11,13,17,20H,5-6,8-9,12,14H2,1H3/t17-,20?/m0/s1. The van der Waals surface area contributed by atoms with Gasteiger partial charge in [0.15, 0.2) is 0 Å². The lowest BCUT2D eigenvalue weighted by Gasteiger charge is -2.33. The number of alkyl halides is 2. The average molecular weight is 450 g/mol. The summed E-state index contributed by atoms with van der Waals surface area (Å²) in [5.74, 6) is -1.19. The summed E-state index contributed by atoms with van der Waals surface area (Å²) in [6.07, 6.45) is 3.80. The lowest BCUT2D eigenvalue weighted by molar-refractivity contribution is -0.0494. The summed E-state index contributed by atoms with van der Waals surface area (Å²) >= 11 is 0. The maximum atomic E-state index is 13.5. The van der Waals surface area contributed by atoms with E-state index in [0.29, 0.717) is 22.8 Å². The molecule has 170 valence electrons. The minimum absolute atomic E-state index is 0.0305. The molecule has 1 aliphatic carbocycles. The van der Waals surface area contributed by atoms with Crippen LogP contribution in [-0.2, 0) is 7.05 Å². The number of anilines is 2. The Balaban J connectivity index is 1.33. The van der Waals surface area contributed by atoms with Gasteiger partial charge in [0.05, 0.1) is 5.56 Å². The van der Waals surface area contributed by atoms with E-state index in [1.54, 1.807) is 24.0 Å². The molecule has 2 fully saturated rings. The molecule has 33 heavy (non-hydrogen) atoms. The van der Waals surface area contributed by atoms with Crippen LogP contribution in [0.1, 0.15) is 41.1 Å². The molecular formula is C25H24F2N4O2. The van der Waals surface area contributed by atoms with Crippen molar-refractivity contribution >= 4 is 28.2 Å². The summed E-state index contributed by atoms with van der Waals surface area (Å²) in [7, 11) is 1.74. The highest BCUT2D eigenvalue weighted by Crippen LogP contribution is 2.55. The number of amides is 1. The number of piperidine rings is 1. The molecule has 0 radical (unpaired) electrons. The molecule has 6 rings (SSSR count). The topological polar surface area (TPSA) is 58.4 Å². The summed E-state index contributed by atoms with van der Waals surface area (Å²) in [5.41, 5.74) is 2.45. The number of aromatic nitrogens is 2. The maximum absolute atomic E-state index is 13.5. The summed E-state index contributed by atoms with van der Waals surface area (Å²) in [6.45, 7) is 0.977. The van der Waals surface area contributed by atoms with Crippen molar-refractivity contribution in [3.8, 4) is 0 Å². The molecule has 1 saturated heterocycles. The van der Waals surface area contributed by atoms with Crippen molar-refractivity contribution in [3.05, 3.63) is 64.2 Å². The first-order chi connectivity index (χ1) is 15.8. The number of aryl methyl sites for hydroxylation is 1. The Morgan fingerprint density at radius 1 is 1.15 bits per heavy atom. The molecule has 1 saturated carbocycles. The van der Waals surface area contributed by atoms with Gasteiger partial charge in [0.25, 0.3) is 17.4 Å². The zero-order chi connectivity index (χ0) is 22.9. The first kappa shape index (κ1) is 20.3. The molecule has 6 nitrogen and oxygen atoms in total. The van der Waals surface area contributed by atoms with E-state index in [-0.39, 0.29) is 37.4 Å². The summed E-state index contributed by atoms with van der Waals surface area (Å²) in [6, 6.07) is 9.66. The SMILES string of the molecule is Cn1ccc2cc(N3C[C@@H]4CC4c4cc(C(=O)N5CCC(F)(F)CC5)cnc43)ccc2c1=O. The van der Waals surface area contributed by atoms with Crippen LogP contribution in [0.3, 0.4) is 0 Å². The first-order valence-corrected chi connectivity index (χ1v) is 11.3. The molecule has 0 N–H and O–H groups in total. The van der Waals surface area contributed by atoms with Crippen LogP contribution < -0.4 is 10.5 Å². The van der Waals surface area contributed by atoms with Crippen LogP contribution in [0.15, 0.2) is 47.5 Å². The summed E-state index contributed by atoms with van der Waals surface area (Å²) < 4.78 is 28.6. The van der Waals surface area contributed by atoms with Gasteiger partial charge in [-0.15, -0.1) is 0 Å². The number of benzene rings is 1. The molecular weight excluding hydrogens is 426 g/mol. The fourth-order valence-electron chi connectivity index (χ4n) is 5.19. The second-order valence-electron chi connectivity index (χ2n) is 9.50. The van der Waals surface area contributed by atoms with Crippen LogP contribution in [0.25, 0.3) is 10.8 Å². The number of pyridine rings is 2. The third kappa shape index (κ3) is 3.39. The van der Waals surface area contributed by atoms with Crippen molar-refractivity contribution in [1.82, 2.24) is 14.5 Å². The van der Waals surface area contributed by atoms with Gasteiger partial charge in [-0.05, 0) is 59.5 Å². The molecule has 3 aromatic rings. The van der Waals surface area contributed by atoms with Crippen molar-refractivity contribution < 1.29 is 13.6 Å². The number of rotatable bonds is 2. The molecule has 3 aliphatic rings. The lowest BCUT2D eigenvalue weighted by Crippen LogP contribution is -2.42. The number of nitrogens with zero attached hydrogens (tertiary/aromatic N) is 4. The molecule has 4 heterocycles. The van der Waals surface area contributed by atoms with Gasteiger partial charge in [0, 0.05) is 63.0 Å². The number of hydrogen-bond acceptors (Lipinski definition) is 4. The van der Waals surface area contributed by atoms with E-state index in [1.165, 1.54) is 4.90 Å².